The summed E-state index contributed by atoms with van der Waals surface area (Å²) in [5, 5.41) is 3.37. The Kier molecular flexibility index (Phi) is 3.98. The molecule has 5 heteroatoms. The summed E-state index contributed by atoms with van der Waals surface area (Å²) in [7, 11) is 0. The molecule has 1 unspecified atom stereocenters. The van der Waals surface area contributed by atoms with E-state index in [-0.39, 0.29) is 5.91 Å². The van der Waals surface area contributed by atoms with Crippen LogP contribution in [0.5, 0.6) is 0 Å². The number of rotatable bonds is 2. The number of hydrogen-bond acceptors (Lipinski definition) is 4. The van der Waals surface area contributed by atoms with E-state index in [0.29, 0.717) is 6.04 Å². The van der Waals surface area contributed by atoms with Crippen LogP contribution in [0.1, 0.15) is 22.3 Å². The lowest BCUT2D eigenvalue weighted by Crippen LogP contribution is -2.49. The van der Waals surface area contributed by atoms with Gasteiger partial charge in [-0.2, -0.15) is 0 Å². The number of aryl methyl sites for hydroxylation is 1. The molecular formula is C15H22N4O. The first kappa shape index (κ1) is 13.5. The lowest BCUT2D eigenvalue weighted by atomic mass is 10.1. The Morgan fingerprint density at radius 2 is 2.15 bits per heavy atom. The van der Waals surface area contributed by atoms with Crippen LogP contribution in [0.25, 0.3) is 0 Å². The van der Waals surface area contributed by atoms with Crippen molar-refractivity contribution < 1.29 is 4.79 Å². The van der Waals surface area contributed by atoms with Crippen molar-refractivity contribution >= 4 is 5.91 Å². The zero-order chi connectivity index (χ0) is 13.9. The third kappa shape index (κ3) is 2.69. The molecule has 2 aliphatic heterocycles. The Labute approximate surface area is 120 Å². The van der Waals surface area contributed by atoms with Crippen LogP contribution in [-0.2, 0) is 0 Å². The molecule has 5 nitrogen and oxygen atoms in total. The summed E-state index contributed by atoms with van der Waals surface area (Å²) in [5.74, 6) is 0.133. The first-order valence-electron chi connectivity index (χ1n) is 7.40. The second kappa shape index (κ2) is 5.89. The maximum atomic E-state index is 12.6. The molecule has 0 aromatic carbocycles. The van der Waals surface area contributed by atoms with Crippen LogP contribution in [0, 0.1) is 6.92 Å². The Morgan fingerprint density at radius 3 is 2.90 bits per heavy atom. The monoisotopic (exact) mass is 274 g/mol. The van der Waals surface area contributed by atoms with Gasteiger partial charge in [0.2, 0.25) is 0 Å². The van der Waals surface area contributed by atoms with E-state index in [9.17, 15) is 4.79 Å². The van der Waals surface area contributed by atoms with E-state index in [4.69, 9.17) is 0 Å². The van der Waals surface area contributed by atoms with Gasteiger partial charge >= 0.3 is 0 Å². The molecule has 3 heterocycles. The summed E-state index contributed by atoms with van der Waals surface area (Å²) >= 11 is 0. The number of carbonyl (C=O) groups is 1. The summed E-state index contributed by atoms with van der Waals surface area (Å²) in [6, 6.07) is 2.43. The van der Waals surface area contributed by atoms with E-state index in [1.807, 2.05) is 17.9 Å². The predicted molar refractivity (Wildman–Crippen MR) is 77.7 cm³/mol. The van der Waals surface area contributed by atoms with E-state index in [0.717, 1.165) is 56.8 Å². The van der Waals surface area contributed by atoms with Gasteiger partial charge in [-0.15, -0.1) is 0 Å². The number of likely N-dealkylation sites (tertiary alicyclic amines) is 1. The standard InChI is InChI=1S/C15H22N4O/c1-12-2-4-17-10-14(12)15(20)19-7-3-13(11-19)18-8-5-16-6-9-18/h2,4,10,13,16H,3,5-9,11H2,1H3. The molecule has 0 bridgehead atoms. The fourth-order valence-corrected chi connectivity index (χ4v) is 3.13. The van der Waals surface area contributed by atoms with Gasteiger partial charge in [0.05, 0.1) is 5.56 Å². The minimum absolute atomic E-state index is 0.133. The maximum Gasteiger partial charge on any atom is 0.255 e. The summed E-state index contributed by atoms with van der Waals surface area (Å²) in [6.07, 6.45) is 4.51. The highest BCUT2D eigenvalue weighted by Gasteiger charge is 2.31. The molecule has 108 valence electrons. The second-order valence-electron chi connectivity index (χ2n) is 5.67. The number of amides is 1. The molecular weight excluding hydrogens is 252 g/mol. The molecule has 0 spiro atoms. The first-order chi connectivity index (χ1) is 9.75. The van der Waals surface area contributed by atoms with Gasteiger partial charge in [-0.1, -0.05) is 0 Å². The first-order valence-corrected chi connectivity index (χ1v) is 7.40. The zero-order valence-corrected chi connectivity index (χ0v) is 12.0. The van der Waals surface area contributed by atoms with Crippen LogP contribution in [0.15, 0.2) is 18.5 Å². The molecule has 0 radical (unpaired) electrons. The lowest BCUT2D eigenvalue weighted by Gasteiger charge is -2.32. The quantitative estimate of drug-likeness (QED) is 0.854. The summed E-state index contributed by atoms with van der Waals surface area (Å²) in [4.78, 5) is 21.1. The molecule has 20 heavy (non-hydrogen) atoms. The minimum Gasteiger partial charge on any atom is -0.337 e. The molecule has 1 aromatic heterocycles. The topological polar surface area (TPSA) is 48.5 Å². The van der Waals surface area contributed by atoms with Crippen molar-refractivity contribution in [2.45, 2.75) is 19.4 Å². The molecule has 3 rings (SSSR count). The van der Waals surface area contributed by atoms with Crippen molar-refractivity contribution in [3.8, 4) is 0 Å². The Bertz CT molecular complexity index is 485. The molecule has 2 saturated heterocycles. The van der Waals surface area contributed by atoms with Crippen LogP contribution in [0.2, 0.25) is 0 Å². The van der Waals surface area contributed by atoms with Crippen LogP contribution in [-0.4, -0.2) is 66.0 Å². The maximum absolute atomic E-state index is 12.6. The largest absolute Gasteiger partial charge is 0.337 e. The van der Waals surface area contributed by atoms with Crippen molar-refractivity contribution in [2.75, 3.05) is 39.3 Å². The molecule has 1 atom stereocenters. The van der Waals surface area contributed by atoms with Crippen LogP contribution < -0.4 is 5.32 Å². The van der Waals surface area contributed by atoms with Gasteiger partial charge in [0, 0.05) is 57.7 Å². The van der Waals surface area contributed by atoms with Crippen LogP contribution in [0.3, 0.4) is 0 Å². The number of aromatic nitrogens is 1. The molecule has 0 aliphatic carbocycles. The third-order valence-corrected chi connectivity index (χ3v) is 4.39. The Morgan fingerprint density at radius 1 is 1.35 bits per heavy atom. The van der Waals surface area contributed by atoms with Gasteiger partial charge in [-0.25, -0.2) is 0 Å². The average Bonchev–Trinajstić information content (AvgIpc) is 2.98. The summed E-state index contributed by atoms with van der Waals surface area (Å²) in [5.41, 5.74) is 1.75. The summed E-state index contributed by atoms with van der Waals surface area (Å²) < 4.78 is 0. The van der Waals surface area contributed by atoms with E-state index >= 15 is 0 Å². The number of pyridine rings is 1. The molecule has 0 saturated carbocycles. The molecule has 1 N–H and O–H groups in total. The fourth-order valence-electron chi connectivity index (χ4n) is 3.13. The molecule has 1 aromatic rings. The van der Waals surface area contributed by atoms with Crippen LogP contribution in [0.4, 0.5) is 0 Å². The minimum atomic E-state index is 0.133. The average molecular weight is 274 g/mol. The predicted octanol–water partition coefficient (Wildman–Crippen LogP) is 0.510. The van der Waals surface area contributed by atoms with Gasteiger partial charge in [0.15, 0.2) is 0 Å². The number of nitrogens with one attached hydrogen (secondary N) is 1. The summed E-state index contributed by atoms with van der Waals surface area (Å²) in [6.45, 7) is 8.00. The van der Waals surface area contributed by atoms with Crippen molar-refractivity contribution in [3.63, 3.8) is 0 Å². The zero-order valence-electron chi connectivity index (χ0n) is 12.0. The van der Waals surface area contributed by atoms with Gasteiger partial charge in [0.25, 0.3) is 5.91 Å². The lowest BCUT2D eigenvalue weighted by molar-refractivity contribution is 0.0772. The molecule has 1 amide bonds. The highest BCUT2D eigenvalue weighted by atomic mass is 16.2. The van der Waals surface area contributed by atoms with Gasteiger partial charge in [0.1, 0.15) is 0 Å². The van der Waals surface area contributed by atoms with Crippen LogP contribution >= 0.6 is 0 Å². The SMILES string of the molecule is Cc1ccncc1C(=O)N1CCC(N2CCNCC2)C1. The highest BCUT2D eigenvalue weighted by molar-refractivity contribution is 5.95. The Hall–Kier alpha value is -1.46. The molecule has 2 aliphatic rings. The van der Waals surface area contributed by atoms with Crippen molar-refractivity contribution in [1.29, 1.82) is 0 Å². The number of nitrogens with zero attached hydrogens (tertiary/aromatic N) is 3. The van der Waals surface area contributed by atoms with Gasteiger partial charge < -0.3 is 10.2 Å². The van der Waals surface area contributed by atoms with E-state index < -0.39 is 0 Å². The van der Waals surface area contributed by atoms with Crippen molar-refractivity contribution in [1.82, 2.24) is 20.1 Å². The smallest absolute Gasteiger partial charge is 0.255 e. The number of piperazine rings is 1. The number of carbonyl (C=O) groups excluding carboxylic acids is 1. The van der Waals surface area contributed by atoms with Gasteiger partial charge in [-0.3, -0.25) is 14.7 Å². The molecule has 2 fully saturated rings. The van der Waals surface area contributed by atoms with E-state index in [2.05, 4.69) is 15.2 Å². The van der Waals surface area contributed by atoms with Gasteiger partial charge in [-0.05, 0) is 25.0 Å². The highest BCUT2D eigenvalue weighted by Crippen LogP contribution is 2.19. The second-order valence-corrected chi connectivity index (χ2v) is 5.67. The van der Waals surface area contributed by atoms with E-state index in [1.165, 1.54) is 0 Å². The van der Waals surface area contributed by atoms with Crippen molar-refractivity contribution in [2.24, 2.45) is 0 Å². The van der Waals surface area contributed by atoms with Crippen molar-refractivity contribution in [3.05, 3.63) is 29.6 Å². The third-order valence-electron chi connectivity index (χ3n) is 4.39. The number of hydrogen-bond donors (Lipinski definition) is 1. The normalized spacial score (nSPS) is 24.1. The van der Waals surface area contributed by atoms with E-state index in [1.54, 1.807) is 12.4 Å². The fraction of sp³-hybridized carbons (Fsp3) is 0.600. The Balaban J connectivity index is 1.65.